The highest BCUT2D eigenvalue weighted by Gasteiger charge is 2.35. The van der Waals surface area contributed by atoms with Gasteiger partial charge in [-0.05, 0) is 51.5 Å². The molecule has 13 heteroatoms. The molecule has 1 amide bonds. The van der Waals surface area contributed by atoms with Gasteiger partial charge in [0.25, 0.3) is 0 Å². The molecule has 5 rings (SSSR count). The summed E-state index contributed by atoms with van der Waals surface area (Å²) < 4.78 is 59.3. The molecular weight excluding hydrogens is 609 g/mol. The lowest BCUT2D eigenvalue weighted by atomic mass is 10.0. The van der Waals surface area contributed by atoms with Crippen LogP contribution in [0.2, 0.25) is 0 Å². The highest BCUT2D eigenvalue weighted by molar-refractivity contribution is 7.16. The Hall–Kier alpha value is -4.10. The van der Waals surface area contributed by atoms with Gasteiger partial charge < -0.3 is 19.1 Å². The fourth-order valence-corrected chi connectivity index (χ4v) is 6.16. The molecule has 0 unspecified atom stereocenters. The number of benzene rings is 2. The number of imidazole rings is 1. The average Bonchev–Trinajstić information content (AvgIpc) is 3.59. The van der Waals surface area contributed by atoms with Gasteiger partial charge in [-0.3, -0.25) is 9.47 Å². The molecule has 2 aromatic heterocycles. The van der Waals surface area contributed by atoms with Crippen molar-refractivity contribution in [3.05, 3.63) is 76.4 Å². The number of carbonyl (C=O) groups excluding carboxylic acids is 2. The molecule has 1 aliphatic rings. The number of hydrogen-bond acceptors (Lipinski definition) is 8. The van der Waals surface area contributed by atoms with Crippen LogP contribution >= 0.6 is 11.3 Å². The Labute approximate surface area is 263 Å². The molecule has 1 atom stereocenters. The third-order valence-electron chi connectivity index (χ3n) is 7.34. The van der Waals surface area contributed by atoms with E-state index in [-0.39, 0.29) is 22.3 Å². The number of nitrogens with zero attached hydrogens (tertiary/aromatic N) is 4. The molecular formula is C32H35F3N4O5S. The lowest BCUT2D eigenvalue weighted by Crippen LogP contribution is -2.49. The summed E-state index contributed by atoms with van der Waals surface area (Å²) in [7, 11) is 1.24. The molecule has 45 heavy (non-hydrogen) atoms. The smallest absolute Gasteiger partial charge is 0.416 e. The molecule has 0 radical (unpaired) electrons. The molecule has 9 nitrogen and oxygen atoms in total. The predicted octanol–water partition coefficient (Wildman–Crippen LogP) is 7.09. The number of aromatic nitrogens is 2. The number of amides is 1. The summed E-state index contributed by atoms with van der Waals surface area (Å²) in [5, 5.41) is 0.590. The first-order valence-electron chi connectivity index (χ1n) is 14.4. The maximum Gasteiger partial charge on any atom is 0.416 e. The van der Waals surface area contributed by atoms with Gasteiger partial charge in [0.05, 0.1) is 23.7 Å². The summed E-state index contributed by atoms with van der Waals surface area (Å²) in [5.41, 5.74) is 1.17. The van der Waals surface area contributed by atoms with Crippen molar-refractivity contribution in [3.8, 4) is 10.8 Å². The second-order valence-electron chi connectivity index (χ2n) is 11.8. The second-order valence-corrected chi connectivity index (χ2v) is 12.8. The number of thiophene rings is 1. The van der Waals surface area contributed by atoms with E-state index in [2.05, 4.69) is 9.88 Å². The van der Waals surface area contributed by atoms with Crippen LogP contribution in [-0.2, 0) is 22.2 Å². The summed E-state index contributed by atoms with van der Waals surface area (Å²) in [6, 6.07) is 12.8. The van der Waals surface area contributed by atoms with E-state index in [9.17, 15) is 22.8 Å². The molecule has 0 spiro atoms. The third-order valence-corrected chi connectivity index (χ3v) is 8.44. The molecule has 0 bridgehead atoms. The summed E-state index contributed by atoms with van der Waals surface area (Å²) in [5.74, 6) is -0.541. The number of carbonyl (C=O) groups is 2. The molecule has 1 aliphatic heterocycles. The van der Waals surface area contributed by atoms with Gasteiger partial charge in [0.15, 0.2) is 4.88 Å². The van der Waals surface area contributed by atoms with Crippen LogP contribution in [0.15, 0.2) is 54.9 Å². The van der Waals surface area contributed by atoms with Gasteiger partial charge in [-0.1, -0.05) is 24.3 Å². The number of fused-ring (bicyclic) bond motifs is 1. The molecule has 4 aromatic rings. The Balaban J connectivity index is 1.36. The zero-order chi connectivity index (χ0) is 32.5. The van der Waals surface area contributed by atoms with Gasteiger partial charge in [-0.2, -0.15) is 13.2 Å². The highest BCUT2D eigenvalue weighted by Crippen LogP contribution is 2.39. The zero-order valence-corrected chi connectivity index (χ0v) is 26.5. The molecule has 1 fully saturated rings. The van der Waals surface area contributed by atoms with Crippen LogP contribution in [0.3, 0.4) is 0 Å². The lowest BCUT2D eigenvalue weighted by Gasteiger charge is -2.35. The van der Waals surface area contributed by atoms with Crippen molar-refractivity contribution in [1.29, 1.82) is 0 Å². The van der Waals surface area contributed by atoms with E-state index in [1.807, 2.05) is 43.5 Å². The Morgan fingerprint density at radius 1 is 1.02 bits per heavy atom. The molecule has 240 valence electrons. The van der Waals surface area contributed by atoms with E-state index >= 15 is 0 Å². The zero-order valence-electron chi connectivity index (χ0n) is 25.7. The highest BCUT2D eigenvalue weighted by atomic mass is 32.1. The average molecular weight is 645 g/mol. The van der Waals surface area contributed by atoms with E-state index in [4.69, 9.17) is 14.2 Å². The van der Waals surface area contributed by atoms with Crippen LogP contribution < -0.4 is 4.74 Å². The monoisotopic (exact) mass is 644 g/mol. The minimum absolute atomic E-state index is 0.0433. The molecule has 2 aromatic carbocycles. The van der Waals surface area contributed by atoms with Crippen LogP contribution in [0.1, 0.15) is 60.2 Å². The van der Waals surface area contributed by atoms with Gasteiger partial charge in [0, 0.05) is 44.4 Å². The number of hydrogen-bond donors (Lipinski definition) is 0. The number of halogens is 3. The first-order valence-corrected chi connectivity index (χ1v) is 15.3. The molecule has 0 N–H and O–H groups in total. The Morgan fingerprint density at radius 2 is 1.73 bits per heavy atom. The topological polar surface area (TPSA) is 86.1 Å². The summed E-state index contributed by atoms with van der Waals surface area (Å²) in [6.07, 6.45) is -4.24. The molecule has 1 saturated heterocycles. The summed E-state index contributed by atoms with van der Waals surface area (Å²) >= 11 is 1.10. The number of piperazine rings is 1. The quantitative estimate of drug-likeness (QED) is 0.199. The minimum atomic E-state index is -4.56. The predicted molar refractivity (Wildman–Crippen MR) is 164 cm³/mol. The number of ether oxygens (including phenoxy) is 3. The maximum atomic E-state index is 13.7. The standard InChI is InChI=1S/C32H35F3N4O5S/c1-20(22-8-6-7-9-23(22)32(33,34)35)43-26-17-27(45-28(26)29(40)42-5)39-19-36-24-11-10-21(16-25(24)39)18-37-12-14-38(15-13-37)30(41)44-31(2,3)4/h6-11,16-17,19-20H,12-15,18H2,1-5H3/t20-/m1/s1. The Bertz CT molecular complexity index is 1690. The molecule has 0 saturated carbocycles. The Morgan fingerprint density at radius 3 is 2.40 bits per heavy atom. The minimum Gasteiger partial charge on any atom is -0.484 e. The van der Waals surface area contributed by atoms with Gasteiger partial charge in [0.2, 0.25) is 0 Å². The largest absolute Gasteiger partial charge is 0.484 e. The Kier molecular flexibility index (Phi) is 9.13. The van der Waals surface area contributed by atoms with Gasteiger partial charge in [0.1, 0.15) is 28.8 Å². The van der Waals surface area contributed by atoms with Crippen LogP contribution in [-0.4, -0.2) is 70.3 Å². The lowest BCUT2D eigenvalue weighted by molar-refractivity contribution is -0.139. The number of alkyl halides is 3. The van der Waals surface area contributed by atoms with Crippen molar-refractivity contribution in [2.75, 3.05) is 33.3 Å². The van der Waals surface area contributed by atoms with E-state index in [1.54, 1.807) is 17.3 Å². The number of rotatable bonds is 7. The van der Waals surface area contributed by atoms with E-state index in [0.717, 1.165) is 34.0 Å². The van der Waals surface area contributed by atoms with Gasteiger partial charge >= 0.3 is 18.2 Å². The van der Waals surface area contributed by atoms with Crippen molar-refractivity contribution < 1.29 is 37.0 Å². The van der Waals surface area contributed by atoms with Crippen LogP contribution in [0.4, 0.5) is 18.0 Å². The van der Waals surface area contributed by atoms with Crippen molar-refractivity contribution >= 4 is 34.4 Å². The van der Waals surface area contributed by atoms with Crippen molar-refractivity contribution in [3.63, 3.8) is 0 Å². The van der Waals surface area contributed by atoms with E-state index in [0.29, 0.717) is 37.7 Å². The van der Waals surface area contributed by atoms with Crippen LogP contribution in [0.5, 0.6) is 5.75 Å². The third kappa shape index (κ3) is 7.42. The van der Waals surface area contributed by atoms with Gasteiger partial charge in [-0.25, -0.2) is 14.6 Å². The maximum absolute atomic E-state index is 13.7. The normalized spacial score (nSPS) is 15.2. The number of methoxy groups -OCH3 is 1. The fourth-order valence-electron chi connectivity index (χ4n) is 5.17. The van der Waals surface area contributed by atoms with Gasteiger partial charge in [-0.15, -0.1) is 11.3 Å². The second kappa shape index (κ2) is 12.7. The van der Waals surface area contributed by atoms with E-state index in [1.165, 1.54) is 32.2 Å². The molecule has 0 aliphatic carbocycles. The van der Waals surface area contributed by atoms with Crippen molar-refractivity contribution in [2.45, 2.75) is 52.1 Å². The van der Waals surface area contributed by atoms with Crippen molar-refractivity contribution in [2.24, 2.45) is 0 Å². The SMILES string of the molecule is COC(=O)c1sc(-n2cnc3ccc(CN4CCN(C(=O)OC(C)(C)C)CC4)cc32)cc1O[C@H](C)c1ccccc1C(F)(F)F. The first kappa shape index (κ1) is 32.3. The fraction of sp³-hybridized carbons (Fsp3) is 0.406. The number of esters is 1. The molecule has 3 heterocycles. The van der Waals surface area contributed by atoms with E-state index < -0.39 is 29.4 Å². The van der Waals surface area contributed by atoms with Crippen LogP contribution in [0, 0.1) is 0 Å². The first-order chi connectivity index (χ1) is 21.2. The van der Waals surface area contributed by atoms with Crippen molar-refractivity contribution in [1.82, 2.24) is 19.4 Å². The van der Waals surface area contributed by atoms with Crippen LogP contribution in [0.25, 0.3) is 16.0 Å². The summed E-state index contributed by atoms with van der Waals surface area (Å²) in [4.78, 5) is 33.8. The summed E-state index contributed by atoms with van der Waals surface area (Å²) in [6.45, 7) is 10.2.